The van der Waals surface area contributed by atoms with Crippen molar-refractivity contribution >= 4 is 39.3 Å². The maximum Gasteiger partial charge on any atom is 0.309 e. The Hall–Kier alpha value is -3.07. The number of carbonyl (C=O) groups is 1. The number of ether oxygens (including phenoxy) is 3. The summed E-state index contributed by atoms with van der Waals surface area (Å²) in [6.45, 7) is 6.89. The van der Waals surface area contributed by atoms with Crippen molar-refractivity contribution in [2.24, 2.45) is 5.92 Å². The van der Waals surface area contributed by atoms with Gasteiger partial charge in [0, 0.05) is 19.6 Å². The number of hydrogen-bond acceptors (Lipinski definition) is 9. The van der Waals surface area contributed by atoms with Crippen molar-refractivity contribution in [2.45, 2.75) is 33.1 Å². The zero-order valence-corrected chi connectivity index (χ0v) is 19.7. The Morgan fingerprint density at radius 3 is 2.88 bits per heavy atom. The molecule has 0 aliphatic carbocycles. The van der Waals surface area contributed by atoms with Gasteiger partial charge in [-0.25, -0.2) is 4.98 Å². The topological polar surface area (TPSA) is 85.8 Å². The highest BCUT2D eigenvalue weighted by Gasteiger charge is 2.28. The Bertz CT molecular complexity index is 1160. The zero-order chi connectivity index (χ0) is 22.8. The van der Waals surface area contributed by atoms with Crippen molar-refractivity contribution < 1.29 is 19.0 Å². The molecule has 4 heterocycles. The number of aromatic nitrogens is 2. The Labute approximate surface area is 196 Å². The lowest BCUT2D eigenvalue weighted by Gasteiger charge is -2.31. The fourth-order valence-electron chi connectivity index (χ4n) is 4.34. The molecule has 0 atom stereocenters. The van der Waals surface area contributed by atoms with E-state index in [1.54, 1.807) is 11.3 Å². The number of nitrogens with one attached hydrogen (secondary N) is 1. The molecule has 0 radical (unpaired) electrons. The monoisotopic (exact) mass is 468 g/mol. The van der Waals surface area contributed by atoms with Crippen molar-refractivity contribution in [3.8, 4) is 11.5 Å². The number of anilines is 2. The molecule has 3 aromatic rings. The molecule has 0 saturated carbocycles. The quantitative estimate of drug-likeness (QED) is 0.518. The van der Waals surface area contributed by atoms with Crippen LogP contribution in [0.1, 0.15) is 30.9 Å². The highest BCUT2D eigenvalue weighted by Crippen LogP contribution is 2.34. The van der Waals surface area contributed by atoms with Crippen LogP contribution in [0.3, 0.4) is 0 Å². The lowest BCUT2D eigenvalue weighted by molar-refractivity contribution is -0.148. The molecule has 1 aromatic carbocycles. The number of rotatable bonds is 7. The third-order valence-electron chi connectivity index (χ3n) is 6.15. The first-order valence-corrected chi connectivity index (χ1v) is 12.3. The van der Waals surface area contributed by atoms with Crippen molar-refractivity contribution in [3.63, 3.8) is 0 Å². The molecule has 2 aliphatic heterocycles. The minimum absolute atomic E-state index is 0.0341. The van der Waals surface area contributed by atoms with Gasteiger partial charge in [0.2, 0.25) is 12.7 Å². The fourth-order valence-corrected chi connectivity index (χ4v) is 5.26. The summed E-state index contributed by atoms with van der Waals surface area (Å²) in [6.07, 6.45) is 2.36. The Morgan fingerprint density at radius 2 is 2.06 bits per heavy atom. The second-order valence-electron chi connectivity index (χ2n) is 8.35. The van der Waals surface area contributed by atoms with Gasteiger partial charge in [-0.15, -0.1) is 11.3 Å². The molecule has 0 spiro atoms. The second-order valence-corrected chi connectivity index (χ2v) is 9.21. The van der Waals surface area contributed by atoms with Crippen molar-refractivity contribution in [1.82, 2.24) is 9.97 Å². The van der Waals surface area contributed by atoms with Gasteiger partial charge in [-0.05, 0) is 61.7 Å². The largest absolute Gasteiger partial charge is 0.466 e. The van der Waals surface area contributed by atoms with Crippen LogP contribution in [0.4, 0.5) is 11.8 Å². The first kappa shape index (κ1) is 21.8. The summed E-state index contributed by atoms with van der Waals surface area (Å²) in [5.41, 5.74) is 2.36. The summed E-state index contributed by atoms with van der Waals surface area (Å²) in [5.74, 6) is 3.06. The summed E-state index contributed by atoms with van der Waals surface area (Å²) < 4.78 is 16.1. The number of aryl methyl sites for hydroxylation is 1. The molecule has 0 unspecified atom stereocenters. The summed E-state index contributed by atoms with van der Waals surface area (Å²) in [4.78, 5) is 25.0. The molecule has 33 heavy (non-hydrogen) atoms. The van der Waals surface area contributed by atoms with Gasteiger partial charge in [0.25, 0.3) is 0 Å². The van der Waals surface area contributed by atoms with E-state index in [9.17, 15) is 4.79 Å². The molecule has 1 saturated heterocycles. The molecule has 0 bridgehead atoms. The van der Waals surface area contributed by atoms with Crippen LogP contribution in [0.2, 0.25) is 0 Å². The molecule has 174 valence electrons. The molecule has 2 aliphatic rings. The lowest BCUT2D eigenvalue weighted by Crippen LogP contribution is -2.38. The van der Waals surface area contributed by atoms with E-state index in [4.69, 9.17) is 24.2 Å². The van der Waals surface area contributed by atoms with Crippen LogP contribution < -0.4 is 19.7 Å². The fraction of sp³-hybridized carbons (Fsp3) is 0.458. The van der Waals surface area contributed by atoms with Crippen LogP contribution >= 0.6 is 11.3 Å². The Morgan fingerprint density at radius 1 is 1.24 bits per heavy atom. The van der Waals surface area contributed by atoms with Gasteiger partial charge < -0.3 is 24.4 Å². The van der Waals surface area contributed by atoms with Crippen LogP contribution in [-0.4, -0.2) is 49.0 Å². The van der Waals surface area contributed by atoms with Crippen molar-refractivity contribution in [1.29, 1.82) is 0 Å². The van der Waals surface area contributed by atoms with E-state index in [2.05, 4.69) is 28.6 Å². The third kappa shape index (κ3) is 4.55. The van der Waals surface area contributed by atoms with E-state index < -0.39 is 0 Å². The Balaban J connectivity index is 1.29. The predicted octanol–water partition coefficient (Wildman–Crippen LogP) is 4.16. The minimum atomic E-state index is -0.0896. The van der Waals surface area contributed by atoms with Gasteiger partial charge in [0.05, 0.1) is 17.9 Å². The SMILES string of the molecule is CCOC(=O)C1CCN(c2nc(NCCc3ccc4c(c3)OCO4)c3c(C)csc3n2)CC1. The van der Waals surface area contributed by atoms with Gasteiger partial charge >= 0.3 is 5.97 Å². The maximum absolute atomic E-state index is 12.1. The van der Waals surface area contributed by atoms with E-state index in [1.807, 2.05) is 19.1 Å². The van der Waals surface area contributed by atoms with E-state index in [-0.39, 0.29) is 18.7 Å². The van der Waals surface area contributed by atoms with E-state index in [0.29, 0.717) is 6.61 Å². The van der Waals surface area contributed by atoms with Crippen LogP contribution in [0.5, 0.6) is 11.5 Å². The van der Waals surface area contributed by atoms with Crippen LogP contribution in [0, 0.1) is 12.8 Å². The average Bonchev–Trinajstić information content (AvgIpc) is 3.45. The normalized spacial score (nSPS) is 15.8. The smallest absolute Gasteiger partial charge is 0.309 e. The van der Waals surface area contributed by atoms with E-state index in [1.165, 1.54) is 11.1 Å². The molecule has 5 rings (SSSR count). The molecule has 1 N–H and O–H groups in total. The highest BCUT2D eigenvalue weighted by atomic mass is 32.1. The number of carbonyl (C=O) groups excluding carboxylic acids is 1. The molecule has 9 heteroatoms. The van der Waals surface area contributed by atoms with Gasteiger partial charge in [-0.1, -0.05) is 6.07 Å². The maximum atomic E-state index is 12.1. The number of hydrogen-bond donors (Lipinski definition) is 1. The second kappa shape index (κ2) is 9.43. The zero-order valence-electron chi connectivity index (χ0n) is 18.9. The van der Waals surface area contributed by atoms with Gasteiger partial charge in [0.1, 0.15) is 10.6 Å². The van der Waals surface area contributed by atoms with Crippen LogP contribution in [0.25, 0.3) is 10.2 Å². The average molecular weight is 469 g/mol. The Kier molecular flexibility index (Phi) is 6.22. The molecule has 8 nitrogen and oxygen atoms in total. The molecule has 1 fully saturated rings. The number of esters is 1. The van der Waals surface area contributed by atoms with Crippen LogP contribution in [0.15, 0.2) is 23.6 Å². The summed E-state index contributed by atoms with van der Waals surface area (Å²) in [5, 5.41) is 6.74. The molecular formula is C24H28N4O4S. The van der Waals surface area contributed by atoms with Crippen LogP contribution in [-0.2, 0) is 16.0 Å². The number of benzene rings is 1. The number of thiophene rings is 1. The van der Waals surface area contributed by atoms with Gasteiger partial charge in [0.15, 0.2) is 11.5 Å². The van der Waals surface area contributed by atoms with Gasteiger partial charge in [-0.2, -0.15) is 4.98 Å². The van der Waals surface area contributed by atoms with E-state index in [0.717, 1.165) is 72.4 Å². The summed E-state index contributed by atoms with van der Waals surface area (Å²) >= 11 is 1.64. The number of nitrogens with zero attached hydrogens (tertiary/aromatic N) is 3. The lowest BCUT2D eigenvalue weighted by atomic mass is 9.97. The molecule has 0 amide bonds. The predicted molar refractivity (Wildman–Crippen MR) is 128 cm³/mol. The first-order valence-electron chi connectivity index (χ1n) is 11.4. The molecular weight excluding hydrogens is 440 g/mol. The third-order valence-corrected chi connectivity index (χ3v) is 7.14. The highest BCUT2D eigenvalue weighted by molar-refractivity contribution is 7.17. The van der Waals surface area contributed by atoms with E-state index >= 15 is 0 Å². The van der Waals surface area contributed by atoms with Crippen molar-refractivity contribution in [3.05, 3.63) is 34.7 Å². The number of piperidine rings is 1. The van der Waals surface area contributed by atoms with Crippen molar-refractivity contribution in [2.75, 3.05) is 43.3 Å². The minimum Gasteiger partial charge on any atom is -0.466 e. The van der Waals surface area contributed by atoms with Gasteiger partial charge in [-0.3, -0.25) is 4.79 Å². The standard InChI is InChI=1S/C24H28N4O4S/c1-3-30-23(29)17-7-10-28(11-8-17)24-26-21(20-15(2)13-33-22(20)27-24)25-9-6-16-4-5-18-19(12-16)32-14-31-18/h4-5,12-13,17H,3,6-11,14H2,1-2H3,(H,25,26,27). The number of fused-ring (bicyclic) bond motifs is 2. The molecule has 2 aromatic heterocycles. The first-order chi connectivity index (χ1) is 16.1. The summed E-state index contributed by atoms with van der Waals surface area (Å²) in [7, 11) is 0. The summed E-state index contributed by atoms with van der Waals surface area (Å²) in [6, 6.07) is 6.07.